The summed E-state index contributed by atoms with van der Waals surface area (Å²) < 4.78 is 24.7. The maximum absolute atomic E-state index is 12.1. The summed E-state index contributed by atoms with van der Waals surface area (Å²) in [7, 11) is -3.34. The molecule has 0 bridgehead atoms. The first kappa shape index (κ1) is 17.2. The molecule has 1 aromatic carbocycles. The number of Topliss-reactive ketones (excluding diaryl/α,β-unsaturated/α-hetero) is 2. The van der Waals surface area contributed by atoms with Gasteiger partial charge < -0.3 is 5.11 Å². The van der Waals surface area contributed by atoms with E-state index in [4.69, 9.17) is 0 Å². The number of aliphatic hydroxyl groups is 1. The minimum absolute atomic E-state index is 0.0703. The highest BCUT2D eigenvalue weighted by Crippen LogP contribution is 2.34. The molecule has 1 aliphatic carbocycles. The molecule has 1 aliphatic rings. The van der Waals surface area contributed by atoms with Gasteiger partial charge in [0.1, 0.15) is 5.76 Å². The molecule has 7 heteroatoms. The zero-order chi connectivity index (χ0) is 17.2. The Morgan fingerprint density at radius 3 is 2.35 bits per heavy atom. The molecule has 2 N–H and O–H groups in total. The van der Waals surface area contributed by atoms with Crippen LogP contribution in [-0.4, -0.2) is 31.3 Å². The number of hydrogen-bond acceptors (Lipinski definition) is 5. The molecule has 2 rings (SSSR count). The van der Waals surface area contributed by atoms with Crippen LogP contribution in [0.3, 0.4) is 0 Å². The number of ketones is 2. The fourth-order valence-electron chi connectivity index (χ4n) is 2.66. The summed E-state index contributed by atoms with van der Waals surface area (Å²) >= 11 is 0. The number of benzene rings is 1. The lowest BCUT2D eigenvalue weighted by atomic mass is 9.81. The smallest absolute Gasteiger partial charge is 0.229 e. The Hall–Kier alpha value is -2.15. The van der Waals surface area contributed by atoms with Gasteiger partial charge in [0.25, 0.3) is 0 Å². The van der Waals surface area contributed by atoms with Crippen molar-refractivity contribution in [1.82, 2.24) is 0 Å². The van der Waals surface area contributed by atoms with E-state index in [1.807, 2.05) is 0 Å². The van der Waals surface area contributed by atoms with Gasteiger partial charge in [-0.25, -0.2) is 8.42 Å². The molecule has 0 aromatic heterocycles. The summed E-state index contributed by atoms with van der Waals surface area (Å²) in [5.41, 5.74) is 1.17. The van der Waals surface area contributed by atoms with Crippen LogP contribution in [0.25, 0.3) is 0 Å². The molecule has 124 valence electrons. The predicted octanol–water partition coefficient (Wildman–Crippen LogP) is 2.30. The normalized spacial score (nSPS) is 18.9. The molecule has 1 aromatic rings. The van der Waals surface area contributed by atoms with Gasteiger partial charge in [0, 0.05) is 24.9 Å². The number of hydrogen-bond donors (Lipinski definition) is 2. The van der Waals surface area contributed by atoms with Crippen molar-refractivity contribution in [3.8, 4) is 0 Å². The molecular weight excluding hydrogens is 318 g/mol. The number of carbonyl (C=O) groups excluding carboxylic acids is 2. The number of nitrogens with one attached hydrogen (secondary N) is 1. The minimum Gasteiger partial charge on any atom is -0.511 e. The van der Waals surface area contributed by atoms with E-state index in [0.29, 0.717) is 5.69 Å². The van der Waals surface area contributed by atoms with Gasteiger partial charge in [-0.3, -0.25) is 14.3 Å². The zero-order valence-corrected chi connectivity index (χ0v) is 13.8. The average molecular weight is 337 g/mol. The third-order valence-electron chi connectivity index (χ3n) is 3.72. The molecule has 1 unspecified atom stereocenters. The van der Waals surface area contributed by atoms with Crippen molar-refractivity contribution in [2.75, 3.05) is 11.0 Å². The van der Waals surface area contributed by atoms with E-state index in [2.05, 4.69) is 4.72 Å². The number of carbonyl (C=O) groups is 2. The Morgan fingerprint density at radius 2 is 1.87 bits per heavy atom. The third kappa shape index (κ3) is 4.19. The Labute approximate surface area is 135 Å². The van der Waals surface area contributed by atoms with Gasteiger partial charge in [0.15, 0.2) is 11.6 Å². The van der Waals surface area contributed by atoms with Gasteiger partial charge in [-0.15, -0.1) is 0 Å². The minimum atomic E-state index is -3.34. The SMILES string of the molecule is CCC(=O)C1=C(O)CC(c2ccc(NS(C)(=O)=O)cc2)CC1=O. The molecule has 6 nitrogen and oxygen atoms in total. The van der Waals surface area contributed by atoms with Gasteiger partial charge in [0.2, 0.25) is 10.0 Å². The molecule has 0 radical (unpaired) electrons. The van der Waals surface area contributed by atoms with Gasteiger partial charge in [-0.05, 0) is 23.6 Å². The number of allylic oxidation sites excluding steroid dienone is 2. The van der Waals surface area contributed by atoms with Crippen LogP contribution in [0.1, 0.15) is 37.7 Å². The van der Waals surface area contributed by atoms with Crippen LogP contribution in [0.2, 0.25) is 0 Å². The molecule has 1 atom stereocenters. The van der Waals surface area contributed by atoms with E-state index in [9.17, 15) is 23.1 Å². The Balaban J connectivity index is 2.20. The first-order chi connectivity index (χ1) is 10.7. The first-order valence-electron chi connectivity index (χ1n) is 7.27. The van der Waals surface area contributed by atoms with E-state index in [-0.39, 0.29) is 48.1 Å². The molecule has 0 amide bonds. The largest absolute Gasteiger partial charge is 0.511 e. The standard InChI is InChI=1S/C16H19NO5S/c1-3-13(18)16-14(19)8-11(9-15(16)20)10-4-6-12(7-5-10)17-23(2,21)22/h4-7,11,17,19H,3,8-9H2,1-2H3. The van der Waals surface area contributed by atoms with Gasteiger partial charge in [0.05, 0.1) is 11.8 Å². The van der Waals surface area contributed by atoms with E-state index in [1.165, 1.54) is 0 Å². The number of aliphatic hydroxyl groups excluding tert-OH is 1. The van der Waals surface area contributed by atoms with Crippen molar-refractivity contribution in [2.24, 2.45) is 0 Å². The fourth-order valence-corrected chi connectivity index (χ4v) is 3.22. The highest BCUT2D eigenvalue weighted by Gasteiger charge is 2.31. The van der Waals surface area contributed by atoms with E-state index in [1.54, 1.807) is 31.2 Å². The van der Waals surface area contributed by atoms with Crippen molar-refractivity contribution in [3.63, 3.8) is 0 Å². The molecule has 0 spiro atoms. The molecule has 0 aliphatic heterocycles. The second-order valence-electron chi connectivity index (χ2n) is 5.62. The first-order valence-corrected chi connectivity index (χ1v) is 9.16. The Kier molecular flexibility index (Phi) is 4.89. The quantitative estimate of drug-likeness (QED) is 0.803. The highest BCUT2D eigenvalue weighted by molar-refractivity contribution is 7.92. The maximum atomic E-state index is 12.1. The topological polar surface area (TPSA) is 101 Å². The monoisotopic (exact) mass is 337 g/mol. The average Bonchev–Trinajstić information content (AvgIpc) is 2.45. The number of rotatable bonds is 5. The highest BCUT2D eigenvalue weighted by atomic mass is 32.2. The summed E-state index contributed by atoms with van der Waals surface area (Å²) in [4.78, 5) is 23.8. The molecule has 0 saturated heterocycles. The second kappa shape index (κ2) is 6.54. The molecular formula is C16H19NO5S. The van der Waals surface area contributed by atoms with Crippen LogP contribution in [0, 0.1) is 0 Å². The lowest BCUT2D eigenvalue weighted by Crippen LogP contribution is -2.23. The van der Waals surface area contributed by atoms with Crippen LogP contribution in [0.15, 0.2) is 35.6 Å². The fraction of sp³-hybridized carbons (Fsp3) is 0.375. The van der Waals surface area contributed by atoms with E-state index >= 15 is 0 Å². The lowest BCUT2D eigenvalue weighted by molar-refractivity contribution is -0.122. The van der Waals surface area contributed by atoms with Crippen molar-refractivity contribution >= 4 is 27.3 Å². The van der Waals surface area contributed by atoms with Crippen molar-refractivity contribution in [2.45, 2.75) is 32.1 Å². The van der Waals surface area contributed by atoms with Gasteiger partial charge in [-0.1, -0.05) is 19.1 Å². The van der Waals surface area contributed by atoms with E-state index < -0.39 is 10.0 Å². The maximum Gasteiger partial charge on any atom is 0.229 e. The summed E-state index contributed by atoms with van der Waals surface area (Å²) in [6.45, 7) is 1.65. The van der Waals surface area contributed by atoms with Crippen LogP contribution in [0.4, 0.5) is 5.69 Å². The number of anilines is 1. The Morgan fingerprint density at radius 1 is 1.26 bits per heavy atom. The Bertz CT molecular complexity index is 762. The molecule has 0 fully saturated rings. The molecule has 0 heterocycles. The van der Waals surface area contributed by atoms with Crippen LogP contribution in [0.5, 0.6) is 0 Å². The van der Waals surface area contributed by atoms with Crippen LogP contribution in [-0.2, 0) is 19.6 Å². The van der Waals surface area contributed by atoms with Crippen molar-refractivity contribution < 1.29 is 23.1 Å². The summed E-state index contributed by atoms with van der Waals surface area (Å²) in [6.07, 6.45) is 1.63. The van der Waals surface area contributed by atoms with Gasteiger partial charge in [-0.2, -0.15) is 0 Å². The van der Waals surface area contributed by atoms with Gasteiger partial charge >= 0.3 is 0 Å². The van der Waals surface area contributed by atoms with Crippen molar-refractivity contribution in [1.29, 1.82) is 0 Å². The molecule has 0 saturated carbocycles. The lowest BCUT2D eigenvalue weighted by Gasteiger charge is -2.23. The third-order valence-corrected chi connectivity index (χ3v) is 4.33. The predicted molar refractivity (Wildman–Crippen MR) is 86.8 cm³/mol. The van der Waals surface area contributed by atoms with Crippen LogP contribution < -0.4 is 4.72 Å². The van der Waals surface area contributed by atoms with E-state index in [0.717, 1.165) is 11.8 Å². The summed E-state index contributed by atoms with van der Waals surface area (Å²) in [5, 5.41) is 10.0. The summed E-state index contributed by atoms with van der Waals surface area (Å²) in [6, 6.07) is 6.64. The molecule has 23 heavy (non-hydrogen) atoms. The zero-order valence-electron chi connectivity index (χ0n) is 13.0. The van der Waals surface area contributed by atoms with Crippen LogP contribution >= 0.6 is 0 Å². The number of sulfonamides is 1. The second-order valence-corrected chi connectivity index (χ2v) is 7.37. The van der Waals surface area contributed by atoms with Crippen molar-refractivity contribution in [3.05, 3.63) is 41.2 Å². The summed E-state index contributed by atoms with van der Waals surface area (Å²) in [5.74, 6) is -1.05.